The molecular weight excluding hydrogens is 376 g/mol. The molecule has 0 aliphatic heterocycles. The number of aromatic nitrogens is 3. The highest BCUT2D eigenvalue weighted by molar-refractivity contribution is 7.15. The van der Waals surface area contributed by atoms with E-state index >= 15 is 0 Å². The SMILES string of the molecule is Cc1ccc(-c2cc(C(=O)NCC(=O)OC(C)C)c3cnn(C(C)C)c3n2)s1. The van der Waals surface area contributed by atoms with Crippen LogP contribution in [-0.2, 0) is 9.53 Å². The summed E-state index contributed by atoms with van der Waals surface area (Å²) < 4.78 is 6.87. The number of esters is 1. The van der Waals surface area contributed by atoms with Crippen LogP contribution in [0.5, 0.6) is 0 Å². The molecule has 0 aliphatic carbocycles. The van der Waals surface area contributed by atoms with Crippen molar-refractivity contribution >= 4 is 34.2 Å². The predicted molar refractivity (Wildman–Crippen MR) is 110 cm³/mol. The Bertz CT molecular complexity index is 1020. The first-order chi connectivity index (χ1) is 13.3. The van der Waals surface area contributed by atoms with E-state index < -0.39 is 5.97 Å². The van der Waals surface area contributed by atoms with Gasteiger partial charge in [0.2, 0.25) is 0 Å². The first-order valence-electron chi connectivity index (χ1n) is 9.19. The van der Waals surface area contributed by atoms with Crippen LogP contribution in [-0.4, -0.2) is 39.3 Å². The number of thiophene rings is 1. The summed E-state index contributed by atoms with van der Waals surface area (Å²) in [6.45, 7) is 9.39. The minimum absolute atomic E-state index is 0.0993. The maximum absolute atomic E-state index is 12.8. The fourth-order valence-corrected chi connectivity index (χ4v) is 3.66. The van der Waals surface area contributed by atoms with Crippen molar-refractivity contribution in [2.75, 3.05) is 6.54 Å². The van der Waals surface area contributed by atoms with Gasteiger partial charge in [-0.2, -0.15) is 5.10 Å². The van der Waals surface area contributed by atoms with Gasteiger partial charge in [-0.3, -0.25) is 9.59 Å². The van der Waals surface area contributed by atoms with Gasteiger partial charge in [0.1, 0.15) is 6.54 Å². The third-order valence-corrected chi connectivity index (χ3v) is 5.08. The first kappa shape index (κ1) is 20.0. The third-order valence-electron chi connectivity index (χ3n) is 4.05. The predicted octanol–water partition coefficient (Wildman–Crippen LogP) is 3.73. The molecule has 3 aromatic heterocycles. The van der Waals surface area contributed by atoms with E-state index in [0.717, 1.165) is 9.75 Å². The minimum atomic E-state index is -0.472. The normalized spacial score (nSPS) is 11.4. The van der Waals surface area contributed by atoms with Crippen LogP contribution in [0.1, 0.15) is 49.0 Å². The van der Waals surface area contributed by atoms with Gasteiger partial charge in [-0.1, -0.05) is 0 Å². The zero-order valence-electron chi connectivity index (χ0n) is 16.6. The van der Waals surface area contributed by atoms with Crippen molar-refractivity contribution in [3.05, 3.63) is 34.8 Å². The second-order valence-electron chi connectivity index (χ2n) is 7.11. The number of fused-ring (bicyclic) bond motifs is 1. The van der Waals surface area contributed by atoms with E-state index in [4.69, 9.17) is 9.72 Å². The van der Waals surface area contributed by atoms with Crippen LogP contribution in [0.15, 0.2) is 24.4 Å². The minimum Gasteiger partial charge on any atom is -0.462 e. The van der Waals surface area contributed by atoms with Crippen molar-refractivity contribution in [1.82, 2.24) is 20.1 Å². The largest absolute Gasteiger partial charge is 0.462 e. The molecule has 1 N–H and O–H groups in total. The lowest BCUT2D eigenvalue weighted by Crippen LogP contribution is -2.31. The molecule has 0 atom stereocenters. The number of ether oxygens (including phenoxy) is 1. The number of aryl methyl sites for hydroxylation is 1. The highest BCUT2D eigenvalue weighted by atomic mass is 32.1. The van der Waals surface area contributed by atoms with E-state index in [1.54, 1.807) is 42.1 Å². The standard InChI is InChI=1S/C20H24N4O3S/c1-11(2)24-19-15(9-22-24)14(20(26)21-10-18(25)27-12(3)4)8-16(23-19)17-7-6-13(5)28-17/h6-9,11-12H,10H2,1-5H3,(H,21,26). The fourth-order valence-electron chi connectivity index (χ4n) is 2.83. The Kier molecular flexibility index (Phi) is 5.79. The molecule has 8 heteroatoms. The Hall–Kier alpha value is -2.74. The Morgan fingerprint density at radius 2 is 2.00 bits per heavy atom. The molecule has 3 rings (SSSR count). The molecule has 0 saturated carbocycles. The molecule has 0 aliphatic rings. The van der Waals surface area contributed by atoms with Gasteiger partial charge < -0.3 is 10.1 Å². The van der Waals surface area contributed by atoms with Crippen molar-refractivity contribution in [1.29, 1.82) is 0 Å². The van der Waals surface area contributed by atoms with Gasteiger partial charge in [-0.15, -0.1) is 11.3 Å². The molecule has 0 fully saturated rings. The molecule has 0 spiro atoms. The monoisotopic (exact) mass is 400 g/mol. The molecule has 28 heavy (non-hydrogen) atoms. The first-order valence-corrected chi connectivity index (χ1v) is 10.0. The van der Waals surface area contributed by atoms with Crippen molar-refractivity contribution in [2.24, 2.45) is 0 Å². The molecule has 0 saturated heterocycles. The van der Waals surface area contributed by atoms with Crippen molar-refractivity contribution in [2.45, 2.75) is 46.8 Å². The lowest BCUT2D eigenvalue weighted by atomic mass is 10.1. The summed E-state index contributed by atoms with van der Waals surface area (Å²) in [4.78, 5) is 31.5. The highest BCUT2D eigenvalue weighted by Crippen LogP contribution is 2.30. The summed E-state index contributed by atoms with van der Waals surface area (Å²) in [6, 6.07) is 5.87. The highest BCUT2D eigenvalue weighted by Gasteiger charge is 2.20. The van der Waals surface area contributed by atoms with Crippen LogP contribution >= 0.6 is 11.3 Å². The van der Waals surface area contributed by atoms with Gasteiger partial charge in [0.15, 0.2) is 5.65 Å². The van der Waals surface area contributed by atoms with Crippen LogP contribution in [0, 0.1) is 6.92 Å². The fraction of sp³-hybridized carbons (Fsp3) is 0.400. The number of hydrogen-bond acceptors (Lipinski definition) is 6. The van der Waals surface area contributed by atoms with Crippen molar-refractivity contribution < 1.29 is 14.3 Å². The Morgan fingerprint density at radius 3 is 2.61 bits per heavy atom. The summed E-state index contributed by atoms with van der Waals surface area (Å²) in [5.41, 5.74) is 1.80. The summed E-state index contributed by atoms with van der Waals surface area (Å²) >= 11 is 1.61. The average Bonchev–Trinajstić information content (AvgIpc) is 3.24. The Morgan fingerprint density at radius 1 is 1.25 bits per heavy atom. The number of amides is 1. The summed E-state index contributed by atoms with van der Waals surface area (Å²) in [7, 11) is 0. The zero-order valence-corrected chi connectivity index (χ0v) is 17.5. The van der Waals surface area contributed by atoms with Gasteiger partial charge in [0.25, 0.3) is 5.91 Å². The molecule has 7 nitrogen and oxygen atoms in total. The smallest absolute Gasteiger partial charge is 0.325 e. The maximum atomic E-state index is 12.8. The summed E-state index contributed by atoms with van der Waals surface area (Å²) in [5.74, 6) is -0.827. The van der Waals surface area contributed by atoms with E-state index in [1.165, 1.54) is 0 Å². The van der Waals surface area contributed by atoms with Gasteiger partial charge in [-0.25, -0.2) is 9.67 Å². The maximum Gasteiger partial charge on any atom is 0.325 e. The molecular formula is C20H24N4O3S. The third kappa shape index (κ3) is 4.22. The zero-order chi connectivity index (χ0) is 20.4. The van der Waals surface area contributed by atoms with E-state index in [2.05, 4.69) is 10.4 Å². The molecule has 3 heterocycles. The Balaban J connectivity index is 2.00. The number of hydrogen-bond donors (Lipinski definition) is 1. The number of rotatable bonds is 6. The van der Waals surface area contributed by atoms with Crippen LogP contribution in [0.4, 0.5) is 0 Å². The van der Waals surface area contributed by atoms with Gasteiger partial charge >= 0.3 is 5.97 Å². The summed E-state index contributed by atoms with van der Waals surface area (Å²) in [5, 5.41) is 7.70. The molecule has 148 valence electrons. The topological polar surface area (TPSA) is 86.1 Å². The number of pyridine rings is 1. The molecule has 3 aromatic rings. The molecule has 0 unspecified atom stereocenters. The number of carbonyl (C=O) groups excluding carboxylic acids is 2. The number of nitrogens with one attached hydrogen (secondary N) is 1. The summed E-state index contributed by atoms with van der Waals surface area (Å²) in [6.07, 6.45) is 1.42. The number of carbonyl (C=O) groups is 2. The van der Waals surface area contributed by atoms with Gasteiger partial charge in [0.05, 0.1) is 33.8 Å². The Labute approximate surface area is 167 Å². The van der Waals surface area contributed by atoms with E-state index in [0.29, 0.717) is 22.3 Å². The van der Waals surface area contributed by atoms with Crippen LogP contribution in [0.25, 0.3) is 21.6 Å². The molecule has 0 bridgehead atoms. The van der Waals surface area contributed by atoms with Crippen LogP contribution < -0.4 is 5.32 Å². The van der Waals surface area contributed by atoms with Gasteiger partial charge in [0, 0.05) is 10.9 Å². The second-order valence-corrected chi connectivity index (χ2v) is 8.39. The van der Waals surface area contributed by atoms with E-state index in [9.17, 15) is 9.59 Å². The molecule has 1 amide bonds. The van der Waals surface area contributed by atoms with E-state index in [-0.39, 0.29) is 24.6 Å². The van der Waals surface area contributed by atoms with E-state index in [1.807, 2.05) is 32.9 Å². The quantitative estimate of drug-likeness (QED) is 0.637. The van der Waals surface area contributed by atoms with Crippen LogP contribution in [0.2, 0.25) is 0 Å². The van der Waals surface area contributed by atoms with Crippen molar-refractivity contribution in [3.63, 3.8) is 0 Å². The average molecular weight is 401 g/mol. The lowest BCUT2D eigenvalue weighted by molar-refractivity contribution is -0.146. The number of nitrogens with zero attached hydrogens (tertiary/aromatic N) is 3. The molecule has 0 aromatic carbocycles. The second kappa shape index (κ2) is 8.10. The molecule has 0 radical (unpaired) electrons. The lowest BCUT2D eigenvalue weighted by Gasteiger charge is -2.11. The van der Waals surface area contributed by atoms with Crippen molar-refractivity contribution in [3.8, 4) is 10.6 Å². The van der Waals surface area contributed by atoms with Gasteiger partial charge in [-0.05, 0) is 52.8 Å². The van der Waals surface area contributed by atoms with Crippen LogP contribution in [0.3, 0.4) is 0 Å².